The fraction of sp³-hybridized carbons (Fsp3) is 0.588. The fourth-order valence-electron chi connectivity index (χ4n) is 2.63. The third-order valence-corrected chi connectivity index (χ3v) is 5.81. The molecule has 1 aromatic rings. The summed E-state index contributed by atoms with van der Waals surface area (Å²) < 4.78 is 26.5. The molecule has 2 amide bonds. The molecule has 1 aromatic carbocycles. The first-order chi connectivity index (χ1) is 11.3. The molecule has 0 saturated carbocycles. The van der Waals surface area contributed by atoms with Crippen LogP contribution >= 0.6 is 0 Å². The Morgan fingerprint density at radius 1 is 1.33 bits per heavy atom. The largest absolute Gasteiger partial charge is 0.338 e. The van der Waals surface area contributed by atoms with Gasteiger partial charge in [-0.25, -0.2) is 13.2 Å². The summed E-state index contributed by atoms with van der Waals surface area (Å²) >= 11 is 0. The van der Waals surface area contributed by atoms with Crippen molar-refractivity contribution in [1.82, 2.24) is 5.32 Å². The van der Waals surface area contributed by atoms with Crippen molar-refractivity contribution in [1.29, 1.82) is 0 Å². The Balaban J connectivity index is 2.12. The van der Waals surface area contributed by atoms with Crippen LogP contribution in [0.15, 0.2) is 18.2 Å². The molecule has 0 aromatic heterocycles. The third kappa shape index (κ3) is 4.63. The third-order valence-electron chi connectivity index (χ3n) is 3.96. The molecule has 2 rings (SSSR count). The number of nitrogens with one attached hydrogen (secondary N) is 2. The SMILES string of the molecule is CCCCS(=O)(=O)N1CCc2ccc(NC(=O)NCC(C)C)cc21. The van der Waals surface area contributed by atoms with Crippen molar-refractivity contribution in [2.45, 2.75) is 40.0 Å². The van der Waals surface area contributed by atoms with Crippen molar-refractivity contribution >= 4 is 27.4 Å². The Bertz CT molecular complexity index is 686. The summed E-state index contributed by atoms with van der Waals surface area (Å²) in [5.74, 6) is 0.533. The Kier molecular flexibility index (Phi) is 6.10. The first-order valence-electron chi connectivity index (χ1n) is 8.51. The Hall–Kier alpha value is -1.76. The first-order valence-corrected chi connectivity index (χ1v) is 10.1. The molecular formula is C17H27N3O3S. The summed E-state index contributed by atoms with van der Waals surface area (Å²) in [4.78, 5) is 11.9. The average molecular weight is 353 g/mol. The van der Waals surface area contributed by atoms with E-state index in [0.29, 0.717) is 43.2 Å². The topological polar surface area (TPSA) is 78.5 Å². The average Bonchev–Trinajstić information content (AvgIpc) is 2.95. The van der Waals surface area contributed by atoms with Crippen LogP contribution < -0.4 is 14.9 Å². The number of carbonyl (C=O) groups excluding carboxylic acids is 1. The molecule has 0 spiro atoms. The molecule has 24 heavy (non-hydrogen) atoms. The highest BCUT2D eigenvalue weighted by Gasteiger charge is 2.29. The molecule has 0 aliphatic carbocycles. The lowest BCUT2D eigenvalue weighted by atomic mass is 10.1. The summed E-state index contributed by atoms with van der Waals surface area (Å²) in [7, 11) is -3.30. The van der Waals surface area contributed by atoms with Crippen LogP contribution in [0.25, 0.3) is 0 Å². The maximum Gasteiger partial charge on any atom is 0.319 e. The molecule has 134 valence electrons. The van der Waals surface area contributed by atoms with Gasteiger partial charge in [0.2, 0.25) is 10.0 Å². The summed E-state index contributed by atoms with van der Waals surface area (Å²) in [6.45, 7) is 7.09. The van der Waals surface area contributed by atoms with Crippen LogP contribution in [0, 0.1) is 5.92 Å². The summed E-state index contributed by atoms with van der Waals surface area (Å²) in [6, 6.07) is 5.18. The van der Waals surface area contributed by atoms with Gasteiger partial charge >= 0.3 is 6.03 Å². The monoisotopic (exact) mass is 353 g/mol. The number of sulfonamides is 1. The van der Waals surface area contributed by atoms with Gasteiger partial charge in [-0.3, -0.25) is 4.31 Å². The number of amides is 2. The lowest BCUT2D eigenvalue weighted by Crippen LogP contribution is -2.32. The predicted octanol–water partition coefficient (Wildman–Crippen LogP) is 2.96. The fourth-order valence-corrected chi connectivity index (χ4v) is 4.34. The highest BCUT2D eigenvalue weighted by atomic mass is 32.2. The van der Waals surface area contributed by atoms with E-state index in [9.17, 15) is 13.2 Å². The molecule has 0 unspecified atom stereocenters. The van der Waals surface area contributed by atoms with Gasteiger partial charge in [-0.15, -0.1) is 0 Å². The number of nitrogens with zero attached hydrogens (tertiary/aromatic N) is 1. The number of hydrogen-bond donors (Lipinski definition) is 2. The van der Waals surface area contributed by atoms with Crippen LogP contribution in [-0.2, 0) is 16.4 Å². The van der Waals surface area contributed by atoms with E-state index in [1.165, 1.54) is 4.31 Å². The van der Waals surface area contributed by atoms with Crippen LogP contribution in [0.5, 0.6) is 0 Å². The second-order valence-corrected chi connectivity index (χ2v) is 8.58. The molecule has 0 saturated heterocycles. The van der Waals surface area contributed by atoms with E-state index in [1.807, 2.05) is 32.9 Å². The minimum Gasteiger partial charge on any atom is -0.338 e. The Morgan fingerprint density at radius 2 is 2.08 bits per heavy atom. The number of rotatable bonds is 7. The molecular weight excluding hydrogens is 326 g/mol. The van der Waals surface area contributed by atoms with Crippen LogP contribution in [0.3, 0.4) is 0 Å². The Morgan fingerprint density at radius 3 is 2.75 bits per heavy atom. The van der Waals surface area contributed by atoms with Crippen molar-refractivity contribution in [3.05, 3.63) is 23.8 Å². The van der Waals surface area contributed by atoms with Gasteiger partial charge in [0.25, 0.3) is 0 Å². The van der Waals surface area contributed by atoms with Gasteiger partial charge in [0, 0.05) is 18.8 Å². The Labute approximate surface area is 144 Å². The molecule has 6 nitrogen and oxygen atoms in total. The number of unbranched alkanes of at least 4 members (excludes halogenated alkanes) is 1. The first kappa shape index (κ1) is 18.6. The van der Waals surface area contributed by atoms with Crippen LogP contribution in [0.2, 0.25) is 0 Å². The quantitative estimate of drug-likeness (QED) is 0.791. The molecule has 1 aliphatic rings. The zero-order valence-corrected chi connectivity index (χ0v) is 15.4. The van der Waals surface area contributed by atoms with E-state index >= 15 is 0 Å². The van der Waals surface area contributed by atoms with Gasteiger partial charge in [0.05, 0.1) is 11.4 Å². The van der Waals surface area contributed by atoms with Crippen molar-refractivity contribution in [3.8, 4) is 0 Å². The zero-order chi connectivity index (χ0) is 17.7. The smallest absolute Gasteiger partial charge is 0.319 e. The zero-order valence-electron chi connectivity index (χ0n) is 14.6. The molecule has 0 bridgehead atoms. The minimum atomic E-state index is -3.30. The van der Waals surface area contributed by atoms with E-state index in [-0.39, 0.29) is 11.8 Å². The maximum atomic E-state index is 12.5. The van der Waals surface area contributed by atoms with E-state index in [2.05, 4.69) is 10.6 Å². The number of anilines is 2. The van der Waals surface area contributed by atoms with Gasteiger partial charge < -0.3 is 10.6 Å². The molecule has 7 heteroatoms. The normalized spacial score (nSPS) is 13.9. The highest BCUT2D eigenvalue weighted by Crippen LogP contribution is 2.33. The number of fused-ring (bicyclic) bond motifs is 1. The number of benzene rings is 1. The van der Waals surface area contributed by atoms with Crippen LogP contribution in [0.1, 0.15) is 39.2 Å². The molecule has 0 radical (unpaired) electrons. The summed E-state index contributed by atoms with van der Waals surface area (Å²) in [5, 5.41) is 5.56. The van der Waals surface area contributed by atoms with Crippen LogP contribution in [0.4, 0.5) is 16.2 Å². The maximum absolute atomic E-state index is 12.5. The van der Waals surface area contributed by atoms with Gasteiger partial charge in [-0.2, -0.15) is 0 Å². The second-order valence-electron chi connectivity index (χ2n) is 6.56. The number of hydrogen-bond acceptors (Lipinski definition) is 3. The van der Waals surface area contributed by atoms with Crippen molar-refractivity contribution in [2.24, 2.45) is 5.92 Å². The lowest BCUT2D eigenvalue weighted by Gasteiger charge is -2.20. The lowest BCUT2D eigenvalue weighted by molar-refractivity contribution is 0.251. The van der Waals surface area contributed by atoms with E-state index < -0.39 is 10.0 Å². The molecule has 2 N–H and O–H groups in total. The van der Waals surface area contributed by atoms with Gasteiger partial charge in [-0.05, 0) is 36.5 Å². The molecule has 0 fully saturated rings. The van der Waals surface area contributed by atoms with E-state index in [1.54, 1.807) is 6.07 Å². The molecule has 1 aliphatic heterocycles. The predicted molar refractivity (Wildman–Crippen MR) is 98.0 cm³/mol. The molecule has 1 heterocycles. The summed E-state index contributed by atoms with van der Waals surface area (Å²) in [5.41, 5.74) is 2.29. The number of urea groups is 1. The summed E-state index contributed by atoms with van der Waals surface area (Å²) in [6.07, 6.45) is 2.21. The van der Waals surface area contributed by atoms with Crippen LogP contribution in [-0.4, -0.2) is 33.3 Å². The van der Waals surface area contributed by atoms with Crippen molar-refractivity contribution in [3.63, 3.8) is 0 Å². The van der Waals surface area contributed by atoms with Crippen molar-refractivity contribution in [2.75, 3.05) is 28.5 Å². The second kappa shape index (κ2) is 7.88. The van der Waals surface area contributed by atoms with Gasteiger partial charge in [-0.1, -0.05) is 33.3 Å². The van der Waals surface area contributed by atoms with E-state index in [4.69, 9.17) is 0 Å². The van der Waals surface area contributed by atoms with Gasteiger partial charge in [0.15, 0.2) is 0 Å². The van der Waals surface area contributed by atoms with Gasteiger partial charge in [0.1, 0.15) is 0 Å². The molecule has 0 atom stereocenters. The highest BCUT2D eigenvalue weighted by molar-refractivity contribution is 7.92. The standard InChI is InChI=1S/C17H27N3O3S/c1-4-5-10-24(22,23)20-9-8-14-6-7-15(11-16(14)20)19-17(21)18-12-13(2)3/h6-7,11,13H,4-5,8-10,12H2,1-3H3,(H2,18,19,21). The van der Waals surface area contributed by atoms with E-state index in [0.717, 1.165) is 12.0 Å². The number of carbonyl (C=O) groups is 1. The van der Waals surface area contributed by atoms with Crippen molar-refractivity contribution < 1.29 is 13.2 Å². The minimum absolute atomic E-state index is 0.162.